The third-order valence-electron chi connectivity index (χ3n) is 4.45. The standard InChI is InChI=1S/C21H17N5O3/c1-13-10-16(29-15-6-4-14(11-22)5-7-15)8-9-18(13)24-19-17(12-23)20(27)26(3)21(28)25(19)2/h4-10,24H,1-3H3. The summed E-state index contributed by atoms with van der Waals surface area (Å²) in [7, 11) is 2.82. The van der Waals surface area contributed by atoms with Crippen LogP contribution in [0.3, 0.4) is 0 Å². The number of hydrogen-bond acceptors (Lipinski definition) is 6. The second-order valence-electron chi connectivity index (χ2n) is 6.38. The molecule has 0 fully saturated rings. The summed E-state index contributed by atoms with van der Waals surface area (Å²) in [5.74, 6) is 1.30. The van der Waals surface area contributed by atoms with Crippen LogP contribution in [0.15, 0.2) is 52.1 Å². The Balaban J connectivity index is 1.92. The van der Waals surface area contributed by atoms with Crippen molar-refractivity contribution in [1.29, 1.82) is 10.5 Å². The molecule has 3 rings (SSSR count). The highest BCUT2D eigenvalue weighted by Gasteiger charge is 2.16. The highest BCUT2D eigenvalue weighted by molar-refractivity contribution is 5.66. The molecule has 0 spiro atoms. The fourth-order valence-corrected chi connectivity index (χ4v) is 2.79. The molecule has 0 aliphatic heterocycles. The predicted octanol–water partition coefficient (Wildman–Crippen LogP) is 2.67. The Kier molecular flexibility index (Phi) is 5.20. The van der Waals surface area contributed by atoms with Gasteiger partial charge in [-0.05, 0) is 55.0 Å². The highest BCUT2D eigenvalue weighted by atomic mass is 16.5. The summed E-state index contributed by atoms with van der Waals surface area (Å²) in [4.78, 5) is 24.4. The van der Waals surface area contributed by atoms with Crippen molar-refractivity contribution in [2.24, 2.45) is 14.1 Å². The monoisotopic (exact) mass is 387 g/mol. The number of aryl methyl sites for hydroxylation is 1. The number of anilines is 2. The van der Waals surface area contributed by atoms with Crippen LogP contribution in [0.4, 0.5) is 11.5 Å². The van der Waals surface area contributed by atoms with Crippen LogP contribution in [0.25, 0.3) is 0 Å². The van der Waals surface area contributed by atoms with Gasteiger partial charge in [-0.25, -0.2) is 4.79 Å². The lowest BCUT2D eigenvalue weighted by molar-refractivity contribution is 0.482. The maximum absolute atomic E-state index is 12.2. The molecule has 0 saturated heterocycles. The molecule has 0 bridgehead atoms. The lowest BCUT2D eigenvalue weighted by atomic mass is 10.1. The Hall–Kier alpha value is -4.30. The summed E-state index contributed by atoms with van der Waals surface area (Å²) < 4.78 is 7.91. The van der Waals surface area contributed by atoms with Gasteiger partial charge in [0, 0.05) is 19.8 Å². The van der Waals surface area contributed by atoms with Crippen LogP contribution >= 0.6 is 0 Å². The number of hydrogen-bond donors (Lipinski definition) is 1. The number of nitrogens with one attached hydrogen (secondary N) is 1. The van der Waals surface area contributed by atoms with Crippen molar-refractivity contribution in [3.8, 4) is 23.6 Å². The lowest BCUT2D eigenvalue weighted by Gasteiger charge is -2.16. The smallest absolute Gasteiger partial charge is 0.332 e. The molecule has 0 unspecified atom stereocenters. The van der Waals surface area contributed by atoms with E-state index in [-0.39, 0.29) is 11.4 Å². The molecule has 29 heavy (non-hydrogen) atoms. The third-order valence-corrected chi connectivity index (χ3v) is 4.45. The molecule has 0 atom stereocenters. The number of aromatic nitrogens is 2. The first-order valence-corrected chi connectivity index (χ1v) is 8.61. The van der Waals surface area contributed by atoms with E-state index in [1.165, 1.54) is 18.7 Å². The van der Waals surface area contributed by atoms with E-state index in [4.69, 9.17) is 10.00 Å². The maximum atomic E-state index is 12.2. The zero-order valence-corrected chi connectivity index (χ0v) is 16.1. The zero-order valence-electron chi connectivity index (χ0n) is 16.1. The summed E-state index contributed by atoms with van der Waals surface area (Å²) >= 11 is 0. The number of nitriles is 2. The molecule has 8 nitrogen and oxygen atoms in total. The fourth-order valence-electron chi connectivity index (χ4n) is 2.79. The van der Waals surface area contributed by atoms with Crippen molar-refractivity contribution in [3.05, 3.63) is 80.0 Å². The van der Waals surface area contributed by atoms with Crippen molar-refractivity contribution in [2.75, 3.05) is 5.32 Å². The molecule has 3 aromatic rings. The molecule has 2 aromatic carbocycles. The largest absolute Gasteiger partial charge is 0.457 e. The van der Waals surface area contributed by atoms with Crippen LogP contribution in [-0.4, -0.2) is 9.13 Å². The van der Waals surface area contributed by atoms with Crippen molar-refractivity contribution in [2.45, 2.75) is 6.92 Å². The SMILES string of the molecule is Cc1cc(Oc2ccc(C#N)cc2)ccc1Nc1c(C#N)c(=O)n(C)c(=O)n1C. The summed E-state index contributed by atoms with van der Waals surface area (Å²) in [6.45, 7) is 1.83. The zero-order chi connectivity index (χ0) is 21.1. The van der Waals surface area contributed by atoms with E-state index in [9.17, 15) is 14.9 Å². The Bertz CT molecular complexity index is 1290. The van der Waals surface area contributed by atoms with Gasteiger partial charge in [-0.2, -0.15) is 10.5 Å². The van der Waals surface area contributed by atoms with Gasteiger partial charge in [0.1, 0.15) is 23.4 Å². The fraction of sp³-hybridized carbons (Fsp3) is 0.143. The van der Waals surface area contributed by atoms with Crippen LogP contribution in [-0.2, 0) is 14.1 Å². The minimum Gasteiger partial charge on any atom is -0.457 e. The van der Waals surface area contributed by atoms with E-state index in [2.05, 4.69) is 5.32 Å². The van der Waals surface area contributed by atoms with Gasteiger partial charge in [0.15, 0.2) is 5.56 Å². The van der Waals surface area contributed by atoms with Gasteiger partial charge in [0.2, 0.25) is 0 Å². The van der Waals surface area contributed by atoms with E-state index in [0.29, 0.717) is 22.7 Å². The molecule has 1 heterocycles. The van der Waals surface area contributed by atoms with E-state index >= 15 is 0 Å². The van der Waals surface area contributed by atoms with Gasteiger partial charge in [-0.15, -0.1) is 0 Å². The molecule has 0 saturated carbocycles. The average Bonchev–Trinajstić information content (AvgIpc) is 2.73. The molecule has 0 radical (unpaired) electrons. The summed E-state index contributed by atoms with van der Waals surface area (Å²) in [5.41, 5.74) is 0.615. The van der Waals surface area contributed by atoms with Gasteiger partial charge in [-0.3, -0.25) is 13.9 Å². The molecule has 0 amide bonds. The van der Waals surface area contributed by atoms with E-state index in [0.717, 1.165) is 10.1 Å². The third kappa shape index (κ3) is 3.73. The van der Waals surface area contributed by atoms with Crippen molar-refractivity contribution in [3.63, 3.8) is 0 Å². The first-order valence-electron chi connectivity index (χ1n) is 8.61. The molecular formula is C21H17N5O3. The van der Waals surface area contributed by atoms with Gasteiger partial charge in [0.25, 0.3) is 5.56 Å². The first kappa shape index (κ1) is 19.5. The lowest BCUT2D eigenvalue weighted by Crippen LogP contribution is -2.39. The predicted molar refractivity (Wildman–Crippen MR) is 107 cm³/mol. The molecular weight excluding hydrogens is 370 g/mol. The van der Waals surface area contributed by atoms with Gasteiger partial charge >= 0.3 is 5.69 Å². The quantitative estimate of drug-likeness (QED) is 0.736. The normalized spacial score (nSPS) is 10.1. The van der Waals surface area contributed by atoms with Crippen LogP contribution < -0.4 is 21.3 Å². The molecule has 1 aromatic heterocycles. The Morgan fingerprint density at radius 3 is 2.17 bits per heavy atom. The van der Waals surface area contributed by atoms with Crippen molar-refractivity contribution < 1.29 is 4.74 Å². The summed E-state index contributed by atoms with van der Waals surface area (Å²) in [5, 5.41) is 21.2. The van der Waals surface area contributed by atoms with Crippen molar-refractivity contribution >= 4 is 11.5 Å². The number of benzene rings is 2. The Labute approximate surface area is 166 Å². The van der Waals surface area contributed by atoms with Gasteiger partial charge < -0.3 is 10.1 Å². The number of nitrogens with zero attached hydrogens (tertiary/aromatic N) is 4. The van der Waals surface area contributed by atoms with Gasteiger partial charge in [-0.1, -0.05) is 0 Å². The highest BCUT2D eigenvalue weighted by Crippen LogP contribution is 2.28. The Morgan fingerprint density at radius 1 is 0.931 bits per heavy atom. The topological polar surface area (TPSA) is 113 Å². The van der Waals surface area contributed by atoms with E-state index in [1.54, 1.807) is 42.5 Å². The molecule has 1 N–H and O–H groups in total. The van der Waals surface area contributed by atoms with Crippen LogP contribution in [0.1, 0.15) is 16.7 Å². The van der Waals surface area contributed by atoms with Crippen LogP contribution in [0.5, 0.6) is 11.5 Å². The summed E-state index contributed by atoms with van der Waals surface area (Å²) in [6, 6.07) is 15.9. The van der Waals surface area contributed by atoms with Gasteiger partial charge in [0.05, 0.1) is 11.6 Å². The number of ether oxygens (including phenoxy) is 1. The average molecular weight is 387 g/mol. The second kappa shape index (κ2) is 7.75. The molecule has 144 valence electrons. The molecule has 0 aliphatic carbocycles. The number of rotatable bonds is 4. The summed E-state index contributed by atoms with van der Waals surface area (Å²) in [6.07, 6.45) is 0. The minimum atomic E-state index is -0.656. The van der Waals surface area contributed by atoms with Crippen LogP contribution in [0.2, 0.25) is 0 Å². The van der Waals surface area contributed by atoms with E-state index < -0.39 is 11.2 Å². The van der Waals surface area contributed by atoms with E-state index in [1.807, 2.05) is 19.1 Å². The Morgan fingerprint density at radius 2 is 1.59 bits per heavy atom. The van der Waals surface area contributed by atoms with Crippen molar-refractivity contribution in [1.82, 2.24) is 9.13 Å². The van der Waals surface area contributed by atoms with Crippen LogP contribution in [0, 0.1) is 29.6 Å². The molecule has 0 aliphatic rings. The first-order chi connectivity index (χ1) is 13.8. The minimum absolute atomic E-state index is 0.129. The second-order valence-corrected chi connectivity index (χ2v) is 6.38. The maximum Gasteiger partial charge on any atom is 0.332 e. The molecule has 8 heteroatoms.